The average molecular weight is 276 g/mol. The molecule has 0 radical (unpaired) electrons. The van der Waals surface area contributed by atoms with E-state index in [1.165, 1.54) is 25.7 Å². The molecule has 0 aromatic heterocycles. The lowest BCUT2D eigenvalue weighted by Gasteiger charge is -2.20. The SMILES string of the molecule is CCCCCCCN(CC)C(=O)CCCCCCl. The minimum absolute atomic E-state index is 0.322. The number of hydrogen-bond acceptors (Lipinski definition) is 1. The Morgan fingerprint density at radius 1 is 0.944 bits per heavy atom. The third-order valence-electron chi connectivity index (χ3n) is 3.29. The van der Waals surface area contributed by atoms with Crippen LogP contribution in [0.15, 0.2) is 0 Å². The number of carbonyl (C=O) groups excluding carboxylic acids is 1. The van der Waals surface area contributed by atoms with E-state index in [4.69, 9.17) is 11.6 Å². The van der Waals surface area contributed by atoms with Crippen molar-refractivity contribution in [3.05, 3.63) is 0 Å². The van der Waals surface area contributed by atoms with Crippen molar-refractivity contribution in [1.29, 1.82) is 0 Å². The molecule has 0 saturated carbocycles. The first-order valence-electron chi connectivity index (χ1n) is 7.60. The van der Waals surface area contributed by atoms with E-state index in [-0.39, 0.29) is 0 Å². The van der Waals surface area contributed by atoms with Gasteiger partial charge in [-0.05, 0) is 26.2 Å². The molecule has 0 aliphatic carbocycles. The topological polar surface area (TPSA) is 20.3 Å². The summed E-state index contributed by atoms with van der Waals surface area (Å²) in [6, 6.07) is 0. The van der Waals surface area contributed by atoms with Gasteiger partial charge in [-0.25, -0.2) is 0 Å². The van der Waals surface area contributed by atoms with Gasteiger partial charge in [0.05, 0.1) is 0 Å². The number of unbranched alkanes of at least 4 members (excludes halogenated alkanes) is 6. The van der Waals surface area contributed by atoms with Crippen molar-refractivity contribution in [1.82, 2.24) is 4.90 Å². The summed E-state index contributed by atoms with van der Waals surface area (Å²) in [7, 11) is 0. The van der Waals surface area contributed by atoms with Crippen molar-refractivity contribution in [2.75, 3.05) is 19.0 Å². The maximum atomic E-state index is 12.0. The van der Waals surface area contributed by atoms with E-state index in [0.717, 1.165) is 38.8 Å². The monoisotopic (exact) mass is 275 g/mol. The van der Waals surface area contributed by atoms with Crippen LogP contribution in [0.4, 0.5) is 0 Å². The lowest BCUT2D eigenvalue weighted by Crippen LogP contribution is -2.31. The molecule has 0 rings (SSSR count). The molecule has 0 spiro atoms. The zero-order chi connectivity index (χ0) is 13.6. The molecule has 108 valence electrons. The summed E-state index contributed by atoms with van der Waals surface area (Å²) in [4.78, 5) is 14.0. The molecule has 0 N–H and O–H groups in total. The molecule has 3 heteroatoms. The second kappa shape index (κ2) is 13.2. The molecule has 0 aromatic carbocycles. The van der Waals surface area contributed by atoms with Crippen LogP contribution in [0.2, 0.25) is 0 Å². The Morgan fingerprint density at radius 3 is 2.22 bits per heavy atom. The first-order valence-corrected chi connectivity index (χ1v) is 8.13. The molecule has 2 nitrogen and oxygen atoms in total. The van der Waals surface area contributed by atoms with Crippen molar-refractivity contribution >= 4 is 17.5 Å². The Hall–Kier alpha value is -0.240. The zero-order valence-electron chi connectivity index (χ0n) is 12.2. The van der Waals surface area contributed by atoms with E-state index in [9.17, 15) is 4.79 Å². The van der Waals surface area contributed by atoms with Crippen LogP contribution in [0, 0.1) is 0 Å². The van der Waals surface area contributed by atoms with Gasteiger partial charge in [0, 0.05) is 25.4 Å². The third-order valence-corrected chi connectivity index (χ3v) is 3.56. The Morgan fingerprint density at radius 2 is 1.61 bits per heavy atom. The zero-order valence-corrected chi connectivity index (χ0v) is 13.0. The number of halogens is 1. The van der Waals surface area contributed by atoms with Crippen LogP contribution in [-0.4, -0.2) is 29.8 Å². The first kappa shape index (κ1) is 17.8. The lowest BCUT2D eigenvalue weighted by molar-refractivity contribution is -0.131. The fraction of sp³-hybridized carbons (Fsp3) is 0.933. The van der Waals surface area contributed by atoms with Crippen LogP contribution in [0.1, 0.15) is 71.6 Å². The van der Waals surface area contributed by atoms with Gasteiger partial charge in [0.2, 0.25) is 5.91 Å². The van der Waals surface area contributed by atoms with Crippen LogP contribution in [0.5, 0.6) is 0 Å². The first-order chi connectivity index (χ1) is 8.76. The third kappa shape index (κ3) is 9.76. The molecule has 0 fully saturated rings. The van der Waals surface area contributed by atoms with Crippen LogP contribution in [0.25, 0.3) is 0 Å². The van der Waals surface area contributed by atoms with E-state index in [1.54, 1.807) is 0 Å². The van der Waals surface area contributed by atoms with Crippen molar-refractivity contribution in [3.8, 4) is 0 Å². The Balaban J connectivity index is 3.62. The van der Waals surface area contributed by atoms with Crippen LogP contribution >= 0.6 is 11.6 Å². The maximum Gasteiger partial charge on any atom is 0.222 e. The number of rotatable bonds is 12. The second-order valence-electron chi connectivity index (χ2n) is 4.89. The number of amides is 1. The largest absolute Gasteiger partial charge is 0.343 e. The summed E-state index contributed by atoms with van der Waals surface area (Å²) in [5.41, 5.74) is 0. The standard InChI is InChI=1S/C15H30ClNO/c1-3-5-6-7-11-14-17(4-2)15(18)12-9-8-10-13-16/h3-14H2,1-2H3. The van der Waals surface area contributed by atoms with Gasteiger partial charge >= 0.3 is 0 Å². The van der Waals surface area contributed by atoms with E-state index in [1.807, 2.05) is 4.90 Å². The van der Waals surface area contributed by atoms with Crippen molar-refractivity contribution in [2.45, 2.75) is 71.6 Å². The van der Waals surface area contributed by atoms with E-state index >= 15 is 0 Å². The fourth-order valence-electron chi connectivity index (χ4n) is 2.07. The van der Waals surface area contributed by atoms with E-state index in [2.05, 4.69) is 13.8 Å². The summed E-state index contributed by atoms with van der Waals surface area (Å²) in [6.07, 6.45) is 10.1. The van der Waals surface area contributed by atoms with Gasteiger partial charge in [0.25, 0.3) is 0 Å². The molecule has 0 unspecified atom stereocenters. The number of carbonyl (C=O) groups is 1. The average Bonchev–Trinajstić information content (AvgIpc) is 2.39. The van der Waals surface area contributed by atoms with Gasteiger partial charge in [-0.1, -0.05) is 39.0 Å². The summed E-state index contributed by atoms with van der Waals surface area (Å²) < 4.78 is 0. The molecule has 0 heterocycles. The molecule has 0 atom stereocenters. The van der Waals surface area contributed by atoms with Gasteiger partial charge in [0.15, 0.2) is 0 Å². The molecule has 0 saturated heterocycles. The molecule has 0 aromatic rings. The van der Waals surface area contributed by atoms with Gasteiger partial charge in [0.1, 0.15) is 0 Å². The van der Waals surface area contributed by atoms with Crippen LogP contribution in [0.3, 0.4) is 0 Å². The van der Waals surface area contributed by atoms with Crippen molar-refractivity contribution < 1.29 is 4.79 Å². The number of nitrogens with zero attached hydrogens (tertiary/aromatic N) is 1. The molecular weight excluding hydrogens is 246 g/mol. The maximum absolute atomic E-state index is 12.0. The predicted octanol–water partition coefficient (Wildman–Crippen LogP) is 4.60. The fourth-order valence-corrected chi connectivity index (χ4v) is 2.26. The van der Waals surface area contributed by atoms with Crippen LogP contribution in [-0.2, 0) is 4.79 Å². The van der Waals surface area contributed by atoms with Crippen molar-refractivity contribution in [2.24, 2.45) is 0 Å². The van der Waals surface area contributed by atoms with Crippen LogP contribution < -0.4 is 0 Å². The highest BCUT2D eigenvalue weighted by molar-refractivity contribution is 6.17. The number of alkyl halides is 1. The lowest BCUT2D eigenvalue weighted by atomic mass is 10.1. The molecular formula is C15H30ClNO. The van der Waals surface area contributed by atoms with Gasteiger partial charge in [-0.2, -0.15) is 0 Å². The highest BCUT2D eigenvalue weighted by atomic mass is 35.5. The van der Waals surface area contributed by atoms with E-state index in [0.29, 0.717) is 18.2 Å². The normalized spacial score (nSPS) is 10.6. The Kier molecular flexibility index (Phi) is 13.0. The summed E-state index contributed by atoms with van der Waals surface area (Å²) in [5.74, 6) is 1.03. The van der Waals surface area contributed by atoms with E-state index < -0.39 is 0 Å². The summed E-state index contributed by atoms with van der Waals surface area (Å²) in [6.45, 7) is 6.09. The highest BCUT2D eigenvalue weighted by Crippen LogP contribution is 2.07. The molecule has 18 heavy (non-hydrogen) atoms. The minimum atomic E-state index is 0.322. The van der Waals surface area contributed by atoms with Gasteiger partial charge in [-0.3, -0.25) is 4.79 Å². The molecule has 0 aliphatic heterocycles. The summed E-state index contributed by atoms with van der Waals surface area (Å²) in [5, 5.41) is 0. The summed E-state index contributed by atoms with van der Waals surface area (Å²) >= 11 is 5.62. The van der Waals surface area contributed by atoms with Gasteiger partial charge in [-0.15, -0.1) is 11.6 Å². The smallest absolute Gasteiger partial charge is 0.222 e. The Labute approximate surface area is 118 Å². The predicted molar refractivity (Wildman–Crippen MR) is 80.2 cm³/mol. The molecule has 1 amide bonds. The number of hydrogen-bond donors (Lipinski definition) is 0. The molecule has 0 bridgehead atoms. The quantitative estimate of drug-likeness (QED) is 0.376. The minimum Gasteiger partial charge on any atom is -0.343 e. The molecule has 0 aliphatic rings. The van der Waals surface area contributed by atoms with Gasteiger partial charge < -0.3 is 4.90 Å². The second-order valence-corrected chi connectivity index (χ2v) is 5.27. The highest BCUT2D eigenvalue weighted by Gasteiger charge is 2.10. The Bertz CT molecular complexity index is 197. The van der Waals surface area contributed by atoms with Crippen molar-refractivity contribution in [3.63, 3.8) is 0 Å².